The molecule has 0 heterocycles. The van der Waals surface area contributed by atoms with Crippen LogP contribution in [0.3, 0.4) is 0 Å². The van der Waals surface area contributed by atoms with Crippen molar-refractivity contribution in [3.8, 4) is 5.75 Å². The Kier molecular flexibility index (Phi) is 5.79. The number of ether oxygens (including phenoxy) is 2. The summed E-state index contributed by atoms with van der Waals surface area (Å²) in [5, 5.41) is 12.1. The van der Waals surface area contributed by atoms with E-state index in [4.69, 9.17) is 4.74 Å². The molecule has 0 fully saturated rings. The van der Waals surface area contributed by atoms with Crippen molar-refractivity contribution in [2.75, 3.05) is 26.1 Å². The Bertz CT molecular complexity index is 478. The molecule has 0 aliphatic heterocycles. The zero-order valence-corrected chi connectivity index (χ0v) is 11.6. The van der Waals surface area contributed by atoms with Crippen molar-refractivity contribution in [3.05, 3.63) is 24.3 Å². The molecule has 0 aromatic heterocycles. The first-order chi connectivity index (χ1) is 9.51. The van der Waals surface area contributed by atoms with Crippen LogP contribution in [0.25, 0.3) is 0 Å². The number of carbonyl (C=O) groups is 2. The largest absolute Gasteiger partial charge is 0.492 e. The summed E-state index contributed by atoms with van der Waals surface area (Å²) in [5.74, 6) is -0.412. The number of rotatable bonds is 5. The number of nitrogens with one attached hydrogen (secondary N) is 1. The smallest absolute Gasteiger partial charge is 0.356 e. The molecular formula is C13H18N2O5. The van der Waals surface area contributed by atoms with Crippen LogP contribution in [0.15, 0.2) is 24.3 Å². The second kappa shape index (κ2) is 7.34. The molecule has 2 N–H and O–H groups in total. The second-order valence-corrected chi connectivity index (χ2v) is 3.87. The van der Waals surface area contributed by atoms with Crippen LogP contribution in [0.1, 0.15) is 6.92 Å². The lowest BCUT2D eigenvalue weighted by atomic mass is 10.3. The van der Waals surface area contributed by atoms with Gasteiger partial charge in [0.05, 0.1) is 19.4 Å². The van der Waals surface area contributed by atoms with E-state index in [2.05, 4.69) is 10.1 Å². The highest BCUT2D eigenvalue weighted by atomic mass is 16.5. The molecule has 0 spiro atoms. The van der Waals surface area contributed by atoms with Crippen molar-refractivity contribution in [1.29, 1.82) is 0 Å². The summed E-state index contributed by atoms with van der Waals surface area (Å²) in [6.07, 6.45) is -1.67. The van der Waals surface area contributed by atoms with E-state index < -0.39 is 18.2 Å². The number of aliphatic hydroxyl groups is 1. The molecule has 0 aliphatic carbocycles. The van der Waals surface area contributed by atoms with E-state index in [0.717, 1.165) is 12.0 Å². The van der Waals surface area contributed by atoms with E-state index >= 15 is 0 Å². The Labute approximate surface area is 117 Å². The zero-order chi connectivity index (χ0) is 15.1. The van der Waals surface area contributed by atoms with Gasteiger partial charge in [0, 0.05) is 7.05 Å². The summed E-state index contributed by atoms with van der Waals surface area (Å²) in [5.41, 5.74) is 0.447. The minimum atomic E-state index is -1.67. The maximum Gasteiger partial charge on any atom is 0.356 e. The lowest BCUT2D eigenvalue weighted by molar-refractivity contribution is -0.157. The average molecular weight is 282 g/mol. The normalized spacial score (nSPS) is 11.4. The molecule has 1 atom stereocenters. The molecule has 7 heteroatoms. The van der Waals surface area contributed by atoms with Gasteiger partial charge in [-0.1, -0.05) is 12.1 Å². The molecule has 110 valence electrons. The van der Waals surface area contributed by atoms with E-state index in [1.165, 1.54) is 7.05 Å². The summed E-state index contributed by atoms with van der Waals surface area (Å²) in [7, 11) is 2.40. The SMILES string of the molecule is CCOc1ccccc1NC(=O)N(C)C(O)C(=O)OC. The molecular weight excluding hydrogens is 264 g/mol. The molecule has 0 aliphatic rings. The standard InChI is InChI=1S/C13H18N2O5/c1-4-20-10-8-6-5-7-9(10)14-13(18)15(2)11(16)12(17)19-3/h5-8,11,16H,4H2,1-3H3,(H,14,18). The van der Waals surface area contributed by atoms with Crippen LogP contribution >= 0.6 is 0 Å². The van der Waals surface area contributed by atoms with Crippen molar-refractivity contribution in [1.82, 2.24) is 4.90 Å². The van der Waals surface area contributed by atoms with Gasteiger partial charge in [-0.3, -0.25) is 4.90 Å². The van der Waals surface area contributed by atoms with E-state index in [-0.39, 0.29) is 0 Å². The monoisotopic (exact) mass is 282 g/mol. The molecule has 2 amide bonds. The van der Waals surface area contributed by atoms with E-state index in [1.54, 1.807) is 24.3 Å². The Morgan fingerprint density at radius 3 is 2.65 bits per heavy atom. The first kappa shape index (κ1) is 15.8. The fourth-order valence-corrected chi connectivity index (χ4v) is 1.43. The number of urea groups is 1. The number of amides is 2. The van der Waals surface area contributed by atoms with Gasteiger partial charge in [0.2, 0.25) is 6.23 Å². The van der Waals surface area contributed by atoms with Gasteiger partial charge in [-0.15, -0.1) is 0 Å². The van der Waals surface area contributed by atoms with Crippen LogP contribution in [0.4, 0.5) is 10.5 Å². The second-order valence-electron chi connectivity index (χ2n) is 3.87. The van der Waals surface area contributed by atoms with E-state index in [9.17, 15) is 14.7 Å². The van der Waals surface area contributed by atoms with Gasteiger partial charge < -0.3 is 19.9 Å². The number of likely N-dealkylation sites (N-methyl/N-ethyl adjacent to an activating group) is 1. The van der Waals surface area contributed by atoms with Gasteiger partial charge in [0.15, 0.2) is 0 Å². The highest BCUT2D eigenvalue weighted by Crippen LogP contribution is 2.23. The van der Waals surface area contributed by atoms with Gasteiger partial charge in [-0.25, -0.2) is 9.59 Å². The summed E-state index contributed by atoms with van der Waals surface area (Å²) in [6, 6.07) is 6.20. The number of hydrogen-bond donors (Lipinski definition) is 2. The lowest BCUT2D eigenvalue weighted by Crippen LogP contribution is -2.44. The maximum atomic E-state index is 11.9. The lowest BCUT2D eigenvalue weighted by Gasteiger charge is -2.22. The first-order valence-electron chi connectivity index (χ1n) is 6.02. The number of anilines is 1. The number of esters is 1. The summed E-state index contributed by atoms with van der Waals surface area (Å²) < 4.78 is 9.72. The highest BCUT2D eigenvalue weighted by Gasteiger charge is 2.25. The van der Waals surface area contributed by atoms with Crippen LogP contribution in [0.2, 0.25) is 0 Å². The van der Waals surface area contributed by atoms with Crippen LogP contribution in [0, 0.1) is 0 Å². The number of benzene rings is 1. The van der Waals surface area contributed by atoms with Crippen LogP contribution in [-0.4, -0.2) is 49.0 Å². The minimum absolute atomic E-state index is 0.447. The van der Waals surface area contributed by atoms with Gasteiger partial charge in [0.1, 0.15) is 5.75 Å². The number of aliphatic hydroxyl groups excluding tert-OH is 1. The average Bonchev–Trinajstić information content (AvgIpc) is 2.47. The summed E-state index contributed by atoms with van der Waals surface area (Å²) in [6.45, 7) is 2.28. The number of methoxy groups -OCH3 is 1. The molecule has 1 unspecified atom stereocenters. The molecule has 0 bridgehead atoms. The third kappa shape index (κ3) is 3.86. The van der Waals surface area contributed by atoms with E-state index in [1.807, 2.05) is 6.92 Å². The highest BCUT2D eigenvalue weighted by molar-refractivity contribution is 5.93. The predicted octanol–water partition coefficient (Wildman–Crippen LogP) is 1.04. The van der Waals surface area contributed by atoms with Crippen molar-refractivity contribution in [2.24, 2.45) is 0 Å². The molecule has 1 aromatic rings. The molecule has 1 aromatic carbocycles. The first-order valence-corrected chi connectivity index (χ1v) is 6.02. The van der Waals surface area contributed by atoms with E-state index in [0.29, 0.717) is 18.0 Å². The quantitative estimate of drug-likeness (QED) is 0.622. The maximum absolute atomic E-state index is 11.9. The van der Waals surface area contributed by atoms with Crippen LogP contribution in [0.5, 0.6) is 5.75 Å². The van der Waals surface area contributed by atoms with Crippen LogP contribution < -0.4 is 10.1 Å². The minimum Gasteiger partial charge on any atom is -0.492 e. The molecule has 7 nitrogen and oxygen atoms in total. The molecule has 20 heavy (non-hydrogen) atoms. The van der Waals surface area contributed by atoms with Crippen LogP contribution in [-0.2, 0) is 9.53 Å². The third-order valence-electron chi connectivity index (χ3n) is 2.53. The van der Waals surface area contributed by atoms with Gasteiger partial charge in [-0.2, -0.15) is 0 Å². The third-order valence-corrected chi connectivity index (χ3v) is 2.53. The number of hydrogen-bond acceptors (Lipinski definition) is 5. The topological polar surface area (TPSA) is 88.1 Å². The fraction of sp³-hybridized carbons (Fsp3) is 0.385. The molecule has 0 saturated carbocycles. The van der Waals surface area contributed by atoms with Gasteiger partial charge >= 0.3 is 12.0 Å². The number of nitrogens with zero attached hydrogens (tertiary/aromatic N) is 1. The Morgan fingerprint density at radius 1 is 1.40 bits per heavy atom. The molecule has 1 rings (SSSR count). The Hall–Kier alpha value is -2.28. The van der Waals surface area contributed by atoms with Gasteiger partial charge in [-0.05, 0) is 19.1 Å². The number of para-hydroxylation sites is 2. The fourth-order valence-electron chi connectivity index (χ4n) is 1.43. The molecule has 0 radical (unpaired) electrons. The molecule has 0 saturated heterocycles. The predicted molar refractivity (Wildman–Crippen MR) is 72.4 cm³/mol. The Morgan fingerprint density at radius 2 is 2.05 bits per heavy atom. The van der Waals surface area contributed by atoms with Crippen molar-refractivity contribution in [3.63, 3.8) is 0 Å². The summed E-state index contributed by atoms with van der Waals surface area (Å²) >= 11 is 0. The number of carbonyl (C=O) groups excluding carboxylic acids is 2. The summed E-state index contributed by atoms with van der Waals surface area (Å²) in [4.78, 5) is 23.9. The van der Waals surface area contributed by atoms with Crippen molar-refractivity contribution < 1.29 is 24.2 Å². The van der Waals surface area contributed by atoms with Crippen molar-refractivity contribution >= 4 is 17.7 Å². The Balaban J connectivity index is 2.78. The van der Waals surface area contributed by atoms with Gasteiger partial charge in [0.25, 0.3) is 0 Å². The van der Waals surface area contributed by atoms with Crippen molar-refractivity contribution in [2.45, 2.75) is 13.2 Å². The zero-order valence-electron chi connectivity index (χ0n) is 11.6.